The minimum Gasteiger partial charge on any atom is -0.393 e. The summed E-state index contributed by atoms with van der Waals surface area (Å²) in [5.74, 6) is 0.362. The van der Waals surface area contributed by atoms with Crippen LogP contribution in [0.3, 0.4) is 0 Å². The molecule has 0 aliphatic heterocycles. The lowest BCUT2D eigenvalue weighted by Gasteiger charge is -1.98. The van der Waals surface area contributed by atoms with E-state index in [1.165, 1.54) is 4.68 Å². The molecule has 0 amide bonds. The molecule has 2 heterocycles. The Morgan fingerprint density at radius 3 is 2.75 bits per heavy atom. The van der Waals surface area contributed by atoms with Gasteiger partial charge in [0.1, 0.15) is 5.69 Å². The van der Waals surface area contributed by atoms with Gasteiger partial charge in [-0.25, -0.2) is 0 Å². The van der Waals surface area contributed by atoms with E-state index in [1.54, 1.807) is 12.1 Å². The summed E-state index contributed by atoms with van der Waals surface area (Å²) in [6, 6.07) is 3.14. The lowest BCUT2D eigenvalue weighted by Crippen LogP contribution is -2.18. The number of nitrogen functional groups attached to an aromatic ring is 1. The number of anilines is 1. The van der Waals surface area contributed by atoms with E-state index in [9.17, 15) is 4.79 Å². The van der Waals surface area contributed by atoms with Crippen molar-refractivity contribution in [3.05, 3.63) is 33.3 Å². The summed E-state index contributed by atoms with van der Waals surface area (Å²) in [7, 11) is 0. The van der Waals surface area contributed by atoms with Crippen LogP contribution in [0.2, 0.25) is 5.15 Å². The number of rotatable bonds is 2. The highest BCUT2D eigenvalue weighted by Crippen LogP contribution is 2.08. The van der Waals surface area contributed by atoms with Crippen molar-refractivity contribution < 1.29 is 0 Å². The standard InChI is InChI=1S/C9H10ClN5O/c1-2-5-8(11)9(16)15(14-5)7-4-3-6(10)12-13-7/h3-4,14H,2,11H2,1H3. The average Bonchev–Trinajstić information content (AvgIpc) is 2.57. The molecule has 6 nitrogen and oxygen atoms in total. The van der Waals surface area contributed by atoms with Crippen molar-refractivity contribution in [2.75, 3.05) is 5.73 Å². The molecule has 3 N–H and O–H groups in total. The van der Waals surface area contributed by atoms with Crippen LogP contribution in [0.4, 0.5) is 5.69 Å². The van der Waals surface area contributed by atoms with Crippen LogP contribution in [0.5, 0.6) is 0 Å². The maximum Gasteiger partial charge on any atom is 0.296 e. The summed E-state index contributed by atoms with van der Waals surface area (Å²) in [4.78, 5) is 11.7. The van der Waals surface area contributed by atoms with Gasteiger partial charge in [0.15, 0.2) is 11.0 Å². The predicted molar refractivity (Wildman–Crippen MR) is 60.8 cm³/mol. The van der Waals surface area contributed by atoms with Crippen LogP contribution >= 0.6 is 11.6 Å². The molecule has 0 saturated heterocycles. The molecule has 0 atom stereocenters. The van der Waals surface area contributed by atoms with Gasteiger partial charge in [-0.15, -0.1) is 10.2 Å². The van der Waals surface area contributed by atoms with Crippen molar-refractivity contribution in [2.45, 2.75) is 13.3 Å². The van der Waals surface area contributed by atoms with Gasteiger partial charge in [-0.3, -0.25) is 9.89 Å². The third kappa shape index (κ3) is 1.67. The molecule has 0 aliphatic carbocycles. The van der Waals surface area contributed by atoms with Crippen LogP contribution in [0, 0.1) is 0 Å². The van der Waals surface area contributed by atoms with Gasteiger partial charge in [-0.1, -0.05) is 18.5 Å². The Morgan fingerprint density at radius 2 is 2.25 bits per heavy atom. The quantitative estimate of drug-likeness (QED) is 0.809. The largest absolute Gasteiger partial charge is 0.393 e. The van der Waals surface area contributed by atoms with Crippen LogP contribution in [0.25, 0.3) is 5.82 Å². The molecule has 2 rings (SSSR count). The molecular weight excluding hydrogens is 230 g/mol. The Labute approximate surface area is 96.0 Å². The van der Waals surface area contributed by atoms with Gasteiger partial charge in [0.25, 0.3) is 5.56 Å². The zero-order valence-electron chi connectivity index (χ0n) is 8.57. The molecule has 7 heteroatoms. The third-order valence-electron chi connectivity index (χ3n) is 2.21. The molecule has 0 bridgehead atoms. The molecular formula is C9H10ClN5O. The fourth-order valence-electron chi connectivity index (χ4n) is 1.35. The minimum atomic E-state index is -0.325. The normalized spacial score (nSPS) is 10.6. The lowest BCUT2D eigenvalue weighted by atomic mass is 10.3. The van der Waals surface area contributed by atoms with Crippen LogP contribution in [-0.2, 0) is 6.42 Å². The number of hydrogen-bond donors (Lipinski definition) is 2. The summed E-state index contributed by atoms with van der Waals surface area (Å²) >= 11 is 5.61. The van der Waals surface area contributed by atoms with Gasteiger partial charge in [0.2, 0.25) is 0 Å². The Kier molecular flexibility index (Phi) is 2.66. The topological polar surface area (TPSA) is 89.6 Å². The number of hydrogen-bond acceptors (Lipinski definition) is 4. The van der Waals surface area contributed by atoms with Crippen LogP contribution in [0.15, 0.2) is 16.9 Å². The minimum absolute atomic E-state index is 0.208. The number of nitrogens with two attached hydrogens (primary N) is 1. The van der Waals surface area contributed by atoms with E-state index in [0.29, 0.717) is 17.9 Å². The summed E-state index contributed by atoms with van der Waals surface area (Å²) in [6.45, 7) is 1.90. The fraction of sp³-hybridized carbons (Fsp3) is 0.222. The summed E-state index contributed by atoms with van der Waals surface area (Å²) < 4.78 is 1.25. The Balaban J connectivity index is 2.56. The second kappa shape index (κ2) is 3.97. The summed E-state index contributed by atoms with van der Waals surface area (Å²) in [6.07, 6.45) is 0.648. The fourth-order valence-corrected chi connectivity index (χ4v) is 1.46. The molecule has 0 unspecified atom stereocenters. The number of nitrogens with one attached hydrogen (secondary N) is 1. The maximum atomic E-state index is 11.7. The molecule has 0 saturated carbocycles. The van der Waals surface area contributed by atoms with Crippen molar-refractivity contribution >= 4 is 17.3 Å². The third-order valence-corrected chi connectivity index (χ3v) is 2.41. The van der Waals surface area contributed by atoms with Gasteiger partial charge < -0.3 is 5.73 Å². The van der Waals surface area contributed by atoms with Crippen molar-refractivity contribution in [3.8, 4) is 5.82 Å². The monoisotopic (exact) mass is 239 g/mol. The highest BCUT2D eigenvalue weighted by molar-refractivity contribution is 6.29. The van der Waals surface area contributed by atoms with Crippen molar-refractivity contribution in [2.24, 2.45) is 0 Å². The zero-order valence-corrected chi connectivity index (χ0v) is 9.32. The first-order valence-corrected chi connectivity index (χ1v) is 5.10. The Hall–Kier alpha value is -1.82. The number of aryl methyl sites for hydroxylation is 1. The molecule has 2 aromatic rings. The molecule has 16 heavy (non-hydrogen) atoms. The number of nitrogens with zero attached hydrogens (tertiary/aromatic N) is 3. The highest BCUT2D eigenvalue weighted by atomic mass is 35.5. The van der Waals surface area contributed by atoms with Gasteiger partial charge in [-0.2, -0.15) is 4.68 Å². The maximum absolute atomic E-state index is 11.7. The smallest absolute Gasteiger partial charge is 0.296 e. The van der Waals surface area contributed by atoms with Gasteiger partial charge in [0, 0.05) is 0 Å². The van der Waals surface area contributed by atoms with Crippen molar-refractivity contribution in [3.63, 3.8) is 0 Å². The molecule has 2 aromatic heterocycles. The van der Waals surface area contributed by atoms with Gasteiger partial charge in [-0.05, 0) is 18.6 Å². The SMILES string of the molecule is CCc1[nH]n(-c2ccc(Cl)nn2)c(=O)c1N. The van der Waals surface area contributed by atoms with E-state index >= 15 is 0 Å². The Bertz CT molecular complexity index is 556. The summed E-state index contributed by atoms with van der Waals surface area (Å²) in [5, 5.41) is 10.6. The van der Waals surface area contributed by atoms with Gasteiger partial charge >= 0.3 is 0 Å². The molecule has 0 fully saturated rings. The molecule has 0 aromatic carbocycles. The van der Waals surface area contributed by atoms with E-state index in [4.69, 9.17) is 17.3 Å². The van der Waals surface area contributed by atoms with Gasteiger partial charge in [0.05, 0.1) is 5.69 Å². The second-order valence-electron chi connectivity index (χ2n) is 3.21. The first-order valence-electron chi connectivity index (χ1n) is 4.72. The zero-order chi connectivity index (χ0) is 11.7. The van der Waals surface area contributed by atoms with E-state index in [1.807, 2.05) is 6.92 Å². The molecule has 0 radical (unpaired) electrons. The van der Waals surface area contributed by atoms with Crippen LogP contribution < -0.4 is 11.3 Å². The van der Waals surface area contributed by atoms with Crippen LogP contribution in [-0.4, -0.2) is 20.0 Å². The molecule has 84 valence electrons. The number of aromatic amines is 1. The van der Waals surface area contributed by atoms with Crippen LogP contribution in [0.1, 0.15) is 12.6 Å². The Morgan fingerprint density at radius 1 is 1.50 bits per heavy atom. The van der Waals surface area contributed by atoms with E-state index in [-0.39, 0.29) is 16.4 Å². The van der Waals surface area contributed by atoms with E-state index < -0.39 is 0 Å². The predicted octanol–water partition coefficient (Wildman–Crippen LogP) is 0.754. The summed E-state index contributed by atoms with van der Waals surface area (Å²) in [5.41, 5.74) is 6.21. The average molecular weight is 240 g/mol. The lowest BCUT2D eigenvalue weighted by molar-refractivity contribution is 0.773. The van der Waals surface area contributed by atoms with Crippen molar-refractivity contribution in [1.29, 1.82) is 0 Å². The van der Waals surface area contributed by atoms with E-state index in [2.05, 4.69) is 15.3 Å². The molecule has 0 aliphatic rings. The highest BCUT2D eigenvalue weighted by Gasteiger charge is 2.11. The number of aromatic nitrogens is 4. The number of H-pyrrole nitrogens is 1. The number of halogens is 1. The molecule has 0 spiro atoms. The first-order chi connectivity index (χ1) is 7.63. The van der Waals surface area contributed by atoms with Crippen molar-refractivity contribution in [1.82, 2.24) is 20.0 Å². The first kappa shape index (κ1) is 10.7. The van der Waals surface area contributed by atoms with E-state index in [0.717, 1.165) is 0 Å². The second-order valence-corrected chi connectivity index (χ2v) is 3.60.